The van der Waals surface area contributed by atoms with Crippen molar-refractivity contribution >= 4 is 0 Å². The summed E-state index contributed by atoms with van der Waals surface area (Å²) in [4.78, 5) is 2.83. The SMILES string of the molecule is CC(C)NCC1(CN2CCCC3CCCC32)CCOC1. The number of piperidine rings is 1. The summed E-state index contributed by atoms with van der Waals surface area (Å²) in [5.41, 5.74) is 0.370. The van der Waals surface area contributed by atoms with Crippen LogP contribution in [0, 0.1) is 11.3 Å². The lowest BCUT2D eigenvalue weighted by Crippen LogP contribution is -2.51. The van der Waals surface area contributed by atoms with Crippen LogP contribution in [-0.2, 0) is 4.74 Å². The van der Waals surface area contributed by atoms with Crippen LogP contribution in [-0.4, -0.2) is 49.8 Å². The van der Waals surface area contributed by atoms with Gasteiger partial charge in [0.15, 0.2) is 0 Å². The van der Waals surface area contributed by atoms with Gasteiger partial charge in [-0.25, -0.2) is 0 Å². The Morgan fingerprint density at radius 2 is 2.10 bits per heavy atom. The van der Waals surface area contributed by atoms with E-state index in [1.54, 1.807) is 0 Å². The second-order valence-corrected chi connectivity index (χ2v) is 7.71. The molecular formula is C17H32N2O. The zero-order chi connectivity index (χ0) is 14.0. The van der Waals surface area contributed by atoms with Crippen LogP contribution >= 0.6 is 0 Å². The van der Waals surface area contributed by atoms with Gasteiger partial charge in [0, 0.05) is 37.2 Å². The minimum absolute atomic E-state index is 0.370. The van der Waals surface area contributed by atoms with Crippen molar-refractivity contribution in [1.82, 2.24) is 10.2 Å². The second kappa shape index (κ2) is 6.33. The predicted molar refractivity (Wildman–Crippen MR) is 82.9 cm³/mol. The fourth-order valence-corrected chi connectivity index (χ4v) is 4.57. The van der Waals surface area contributed by atoms with E-state index < -0.39 is 0 Å². The van der Waals surface area contributed by atoms with Crippen molar-refractivity contribution in [1.29, 1.82) is 0 Å². The number of likely N-dealkylation sites (tertiary alicyclic amines) is 1. The largest absolute Gasteiger partial charge is 0.381 e. The smallest absolute Gasteiger partial charge is 0.0547 e. The van der Waals surface area contributed by atoms with Crippen LogP contribution in [0.25, 0.3) is 0 Å². The number of fused-ring (bicyclic) bond motifs is 1. The maximum Gasteiger partial charge on any atom is 0.0547 e. The second-order valence-electron chi connectivity index (χ2n) is 7.71. The molecule has 1 aliphatic carbocycles. The van der Waals surface area contributed by atoms with Crippen molar-refractivity contribution in [2.24, 2.45) is 11.3 Å². The van der Waals surface area contributed by atoms with Crippen LogP contribution in [0.15, 0.2) is 0 Å². The Bertz CT molecular complexity index is 312. The molecule has 0 radical (unpaired) electrons. The van der Waals surface area contributed by atoms with Crippen LogP contribution in [0.1, 0.15) is 52.4 Å². The summed E-state index contributed by atoms with van der Waals surface area (Å²) < 4.78 is 5.78. The summed E-state index contributed by atoms with van der Waals surface area (Å²) >= 11 is 0. The molecule has 3 atom stereocenters. The van der Waals surface area contributed by atoms with Gasteiger partial charge >= 0.3 is 0 Å². The monoisotopic (exact) mass is 280 g/mol. The highest BCUT2D eigenvalue weighted by Gasteiger charge is 2.41. The minimum atomic E-state index is 0.370. The normalized spacial score (nSPS) is 38.5. The van der Waals surface area contributed by atoms with Gasteiger partial charge in [0.25, 0.3) is 0 Å². The topological polar surface area (TPSA) is 24.5 Å². The third-order valence-corrected chi connectivity index (χ3v) is 5.72. The van der Waals surface area contributed by atoms with Crippen LogP contribution in [0.3, 0.4) is 0 Å². The maximum atomic E-state index is 5.78. The molecule has 0 aromatic rings. The quantitative estimate of drug-likeness (QED) is 0.838. The summed E-state index contributed by atoms with van der Waals surface area (Å²) in [6, 6.07) is 1.47. The molecule has 3 rings (SSSR count). The Labute approximate surface area is 124 Å². The van der Waals surface area contributed by atoms with Crippen LogP contribution in [0.5, 0.6) is 0 Å². The first kappa shape index (κ1) is 14.8. The number of rotatable bonds is 5. The molecule has 0 bridgehead atoms. The van der Waals surface area contributed by atoms with Crippen molar-refractivity contribution in [3.8, 4) is 0 Å². The summed E-state index contributed by atoms with van der Waals surface area (Å²) in [5, 5.41) is 3.67. The number of nitrogens with zero attached hydrogens (tertiary/aromatic N) is 1. The minimum Gasteiger partial charge on any atom is -0.381 e. The molecule has 116 valence electrons. The molecule has 0 spiro atoms. The molecule has 2 saturated heterocycles. The number of hydrogen-bond acceptors (Lipinski definition) is 3. The highest BCUT2D eigenvalue weighted by Crippen LogP contribution is 2.39. The molecule has 3 nitrogen and oxygen atoms in total. The van der Waals surface area contributed by atoms with Gasteiger partial charge < -0.3 is 10.1 Å². The van der Waals surface area contributed by atoms with Crippen LogP contribution in [0.2, 0.25) is 0 Å². The fourth-order valence-electron chi connectivity index (χ4n) is 4.57. The molecule has 2 aliphatic heterocycles. The highest BCUT2D eigenvalue weighted by atomic mass is 16.5. The van der Waals surface area contributed by atoms with E-state index in [0.717, 1.165) is 31.7 Å². The summed E-state index contributed by atoms with van der Waals surface area (Å²) in [6.07, 6.45) is 8.51. The molecule has 0 aromatic carbocycles. The fraction of sp³-hybridized carbons (Fsp3) is 1.00. The van der Waals surface area contributed by atoms with E-state index in [2.05, 4.69) is 24.1 Å². The number of nitrogens with one attached hydrogen (secondary N) is 1. The molecule has 3 heteroatoms. The van der Waals surface area contributed by atoms with Gasteiger partial charge in [0.1, 0.15) is 0 Å². The van der Waals surface area contributed by atoms with Crippen molar-refractivity contribution in [3.63, 3.8) is 0 Å². The predicted octanol–water partition coefficient (Wildman–Crippen LogP) is 2.66. The van der Waals surface area contributed by atoms with Crippen molar-refractivity contribution in [2.75, 3.05) is 32.8 Å². The summed E-state index contributed by atoms with van der Waals surface area (Å²) in [5.74, 6) is 1.00. The van der Waals surface area contributed by atoms with Gasteiger partial charge in [-0.05, 0) is 44.6 Å². The number of ether oxygens (including phenoxy) is 1. The van der Waals surface area contributed by atoms with E-state index in [0.29, 0.717) is 11.5 Å². The van der Waals surface area contributed by atoms with E-state index in [1.807, 2.05) is 0 Å². The van der Waals surface area contributed by atoms with Crippen molar-refractivity contribution < 1.29 is 4.74 Å². The van der Waals surface area contributed by atoms with Gasteiger partial charge in [-0.2, -0.15) is 0 Å². The molecule has 20 heavy (non-hydrogen) atoms. The number of hydrogen-bond donors (Lipinski definition) is 1. The Morgan fingerprint density at radius 3 is 2.85 bits per heavy atom. The Morgan fingerprint density at radius 1 is 1.25 bits per heavy atom. The average Bonchev–Trinajstić information content (AvgIpc) is 3.06. The Balaban J connectivity index is 1.63. The third kappa shape index (κ3) is 3.20. The average molecular weight is 280 g/mol. The van der Waals surface area contributed by atoms with Crippen LogP contribution < -0.4 is 5.32 Å². The van der Waals surface area contributed by atoms with Gasteiger partial charge in [-0.15, -0.1) is 0 Å². The third-order valence-electron chi connectivity index (χ3n) is 5.72. The zero-order valence-electron chi connectivity index (χ0n) is 13.4. The molecular weight excluding hydrogens is 248 g/mol. The zero-order valence-corrected chi connectivity index (χ0v) is 13.4. The van der Waals surface area contributed by atoms with E-state index in [4.69, 9.17) is 4.74 Å². The van der Waals surface area contributed by atoms with E-state index in [9.17, 15) is 0 Å². The Hall–Kier alpha value is -0.120. The van der Waals surface area contributed by atoms with Crippen LogP contribution in [0.4, 0.5) is 0 Å². The lowest BCUT2D eigenvalue weighted by Gasteiger charge is -2.43. The van der Waals surface area contributed by atoms with Gasteiger partial charge in [-0.1, -0.05) is 20.3 Å². The molecule has 1 N–H and O–H groups in total. The lowest BCUT2D eigenvalue weighted by atomic mass is 9.83. The molecule has 3 unspecified atom stereocenters. The molecule has 1 saturated carbocycles. The standard InChI is InChI=1S/C17H32N2O/c1-14(2)18-11-17(8-10-20-13-17)12-19-9-4-6-15-5-3-7-16(15)19/h14-16,18H,3-13H2,1-2H3. The summed E-state index contributed by atoms with van der Waals surface area (Å²) in [7, 11) is 0. The van der Waals surface area contributed by atoms with Gasteiger partial charge in [0.2, 0.25) is 0 Å². The van der Waals surface area contributed by atoms with E-state index >= 15 is 0 Å². The van der Waals surface area contributed by atoms with Gasteiger partial charge in [-0.3, -0.25) is 4.90 Å². The Kier molecular flexibility index (Phi) is 4.68. The first-order chi connectivity index (χ1) is 9.69. The van der Waals surface area contributed by atoms with Gasteiger partial charge in [0.05, 0.1) is 6.61 Å². The first-order valence-corrected chi connectivity index (χ1v) is 8.74. The van der Waals surface area contributed by atoms with E-state index in [-0.39, 0.29) is 0 Å². The first-order valence-electron chi connectivity index (χ1n) is 8.74. The van der Waals surface area contributed by atoms with Crippen molar-refractivity contribution in [2.45, 2.75) is 64.5 Å². The summed E-state index contributed by atoms with van der Waals surface area (Å²) in [6.45, 7) is 10.1. The lowest BCUT2D eigenvalue weighted by molar-refractivity contribution is 0.0484. The van der Waals surface area contributed by atoms with E-state index in [1.165, 1.54) is 51.6 Å². The highest BCUT2D eigenvalue weighted by molar-refractivity contribution is 4.95. The molecule has 3 fully saturated rings. The molecule has 3 aliphatic rings. The van der Waals surface area contributed by atoms with Crippen molar-refractivity contribution in [3.05, 3.63) is 0 Å². The molecule has 0 amide bonds. The maximum absolute atomic E-state index is 5.78. The molecule has 2 heterocycles. The molecule has 0 aromatic heterocycles.